The van der Waals surface area contributed by atoms with Gasteiger partial charge in [0.15, 0.2) is 0 Å². The van der Waals surface area contributed by atoms with E-state index >= 15 is 0 Å². The van der Waals surface area contributed by atoms with E-state index in [1.807, 2.05) is 48.5 Å². The Kier molecular flexibility index (Phi) is 6.12. The number of aliphatic imine (C=N–C) groups is 1. The molecule has 0 radical (unpaired) electrons. The van der Waals surface area contributed by atoms with Crippen molar-refractivity contribution in [2.75, 3.05) is 7.11 Å². The third-order valence-corrected chi connectivity index (χ3v) is 6.75. The number of methoxy groups -OCH3 is 1. The minimum Gasteiger partial charge on any atom is -0.497 e. The van der Waals surface area contributed by atoms with Crippen LogP contribution in [0.4, 0.5) is 0 Å². The van der Waals surface area contributed by atoms with Gasteiger partial charge in [0.2, 0.25) is 5.88 Å². The third-order valence-electron chi connectivity index (χ3n) is 6.75. The van der Waals surface area contributed by atoms with Crippen molar-refractivity contribution in [3.05, 3.63) is 70.0 Å². The Labute approximate surface area is 183 Å². The number of aromatic nitrogens is 1. The van der Waals surface area contributed by atoms with E-state index in [0.717, 1.165) is 23.1 Å². The molecule has 1 saturated carbocycles. The van der Waals surface area contributed by atoms with Crippen molar-refractivity contribution in [2.45, 2.75) is 45.7 Å². The van der Waals surface area contributed by atoms with Crippen LogP contribution in [0, 0.1) is 11.8 Å². The largest absolute Gasteiger partial charge is 0.497 e. The summed E-state index contributed by atoms with van der Waals surface area (Å²) in [5, 5.41) is 12.4. The zero-order chi connectivity index (χ0) is 22.0. The van der Waals surface area contributed by atoms with Gasteiger partial charge in [0.05, 0.1) is 25.3 Å². The van der Waals surface area contributed by atoms with E-state index in [1.54, 1.807) is 13.3 Å². The second-order valence-electron chi connectivity index (χ2n) is 8.64. The first-order valence-corrected chi connectivity index (χ1v) is 11.0. The molecular formula is C26H30N2O3. The maximum absolute atomic E-state index is 13.2. The zero-order valence-corrected chi connectivity index (χ0v) is 18.4. The smallest absolute Gasteiger partial charge is 0.261 e. The third kappa shape index (κ3) is 4.22. The number of hydrogen-bond donors (Lipinski definition) is 1. The van der Waals surface area contributed by atoms with Crippen LogP contribution in [-0.4, -0.2) is 29.0 Å². The molecule has 1 heterocycles. The van der Waals surface area contributed by atoms with Crippen LogP contribution in [0.2, 0.25) is 0 Å². The van der Waals surface area contributed by atoms with Crippen LogP contribution in [0.1, 0.15) is 44.2 Å². The van der Waals surface area contributed by atoms with Gasteiger partial charge in [-0.2, -0.15) is 0 Å². The Morgan fingerprint density at radius 2 is 1.81 bits per heavy atom. The van der Waals surface area contributed by atoms with E-state index in [9.17, 15) is 9.90 Å². The molecule has 5 nitrogen and oxygen atoms in total. The number of benzene rings is 2. The lowest BCUT2D eigenvalue weighted by Crippen LogP contribution is -2.27. The van der Waals surface area contributed by atoms with Crippen LogP contribution in [0.25, 0.3) is 10.8 Å². The van der Waals surface area contributed by atoms with Gasteiger partial charge in [0, 0.05) is 17.0 Å². The molecular weight excluding hydrogens is 388 g/mol. The van der Waals surface area contributed by atoms with Crippen LogP contribution in [0.15, 0.2) is 58.3 Å². The number of pyridine rings is 1. The fourth-order valence-corrected chi connectivity index (χ4v) is 4.53. The average molecular weight is 419 g/mol. The van der Waals surface area contributed by atoms with E-state index in [2.05, 4.69) is 13.8 Å². The van der Waals surface area contributed by atoms with Gasteiger partial charge in [0.1, 0.15) is 5.75 Å². The molecule has 0 amide bonds. The monoisotopic (exact) mass is 418 g/mol. The maximum Gasteiger partial charge on any atom is 0.261 e. The van der Waals surface area contributed by atoms with Crippen LogP contribution in [-0.2, 0) is 6.54 Å². The van der Waals surface area contributed by atoms with Gasteiger partial charge in [-0.25, -0.2) is 0 Å². The summed E-state index contributed by atoms with van der Waals surface area (Å²) in [5.41, 5.74) is 1.31. The molecule has 1 aliphatic carbocycles. The van der Waals surface area contributed by atoms with Crippen molar-refractivity contribution in [3.63, 3.8) is 0 Å². The summed E-state index contributed by atoms with van der Waals surface area (Å²) < 4.78 is 6.64. The van der Waals surface area contributed by atoms with Gasteiger partial charge in [0.25, 0.3) is 5.56 Å². The molecule has 0 saturated heterocycles. The van der Waals surface area contributed by atoms with E-state index in [4.69, 9.17) is 9.73 Å². The molecule has 1 aromatic heterocycles. The summed E-state index contributed by atoms with van der Waals surface area (Å²) in [5.74, 6) is 1.86. The Balaban J connectivity index is 1.77. The van der Waals surface area contributed by atoms with Crippen LogP contribution < -0.4 is 10.3 Å². The van der Waals surface area contributed by atoms with E-state index in [1.165, 1.54) is 17.4 Å². The number of nitrogens with zero attached hydrogens (tertiary/aromatic N) is 2. The highest BCUT2D eigenvalue weighted by atomic mass is 16.5. The quantitative estimate of drug-likeness (QED) is 0.593. The molecule has 0 bridgehead atoms. The van der Waals surface area contributed by atoms with Crippen LogP contribution in [0.5, 0.6) is 11.6 Å². The molecule has 3 atom stereocenters. The van der Waals surface area contributed by atoms with E-state index in [-0.39, 0.29) is 24.0 Å². The molecule has 3 aromatic rings. The van der Waals surface area contributed by atoms with Gasteiger partial charge in [-0.05, 0) is 42.0 Å². The lowest BCUT2D eigenvalue weighted by Gasteiger charge is -2.31. The fraction of sp³-hybridized carbons (Fsp3) is 0.385. The fourth-order valence-electron chi connectivity index (χ4n) is 4.53. The number of hydrogen-bond acceptors (Lipinski definition) is 4. The Morgan fingerprint density at radius 3 is 2.52 bits per heavy atom. The lowest BCUT2D eigenvalue weighted by molar-refractivity contribution is 0.242. The normalized spacial score (nSPS) is 21.6. The second-order valence-corrected chi connectivity index (χ2v) is 8.64. The van der Waals surface area contributed by atoms with Gasteiger partial charge >= 0.3 is 0 Å². The number of rotatable bonds is 5. The minimum absolute atomic E-state index is 0.0419. The molecule has 5 heteroatoms. The summed E-state index contributed by atoms with van der Waals surface area (Å²) in [7, 11) is 1.62. The van der Waals surface area contributed by atoms with Gasteiger partial charge < -0.3 is 9.84 Å². The first kappa shape index (κ1) is 21.2. The molecule has 4 rings (SSSR count). The molecule has 31 heavy (non-hydrogen) atoms. The Hall–Kier alpha value is -3.08. The van der Waals surface area contributed by atoms with Crippen LogP contribution >= 0.6 is 0 Å². The zero-order valence-electron chi connectivity index (χ0n) is 18.4. The molecule has 0 spiro atoms. The topological polar surface area (TPSA) is 63.8 Å². The Morgan fingerprint density at radius 1 is 1.10 bits per heavy atom. The summed E-state index contributed by atoms with van der Waals surface area (Å²) in [6, 6.07) is 15.2. The standard InChI is InChI=1S/C26H30N2O3/c1-17-7-6-10-24(18(17)2)27-15-23-21-8-4-5-9-22(21)25(29)28(26(23)30)16-19-11-13-20(31-3)14-12-19/h4-5,8-9,11-15,17-18,24,30H,6-7,10,16H2,1-3H3/t17-,18+,24+/m1/s1. The summed E-state index contributed by atoms with van der Waals surface area (Å²) in [6.07, 6.45) is 5.26. The highest BCUT2D eigenvalue weighted by molar-refractivity contribution is 6.01. The first-order valence-electron chi connectivity index (χ1n) is 11.0. The van der Waals surface area contributed by atoms with Gasteiger partial charge in [-0.15, -0.1) is 0 Å². The molecule has 0 aliphatic heterocycles. The molecule has 1 fully saturated rings. The van der Waals surface area contributed by atoms with Crippen molar-refractivity contribution in [3.8, 4) is 11.6 Å². The van der Waals surface area contributed by atoms with Crippen molar-refractivity contribution in [1.82, 2.24) is 4.57 Å². The second kappa shape index (κ2) is 8.96. The SMILES string of the molecule is COc1ccc(Cn2c(O)c(C=N[C@H]3CCC[C@@H](C)[C@@H]3C)c3ccccc3c2=O)cc1. The van der Waals surface area contributed by atoms with Crippen molar-refractivity contribution in [1.29, 1.82) is 0 Å². The van der Waals surface area contributed by atoms with E-state index in [0.29, 0.717) is 22.8 Å². The molecule has 1 N–H and O–H groups in total. The minimum atomic E-state index is -0.208. The molecule has 162 valence electrons. The first-order chi connectivity index (χ1) is 15.0. The Bertz CT molecular complexity index is 1150. The maximum atomic E-state index is 13.2. The highest BCUT2D eigenvalue weighted by Gasteiger charge is 2.26. The van der Waals surface area contributed by atoms with Crippen molar-refractivity contribution in [2.24, 2.45) is 16.8 Å². The molecule has 1 aliphatic rings. The molecule has 0 unspecified atom stereocenters. The summed E-state index contributed by atoms with van der Waals surface area (Å²) in [6.45, 7) is 4.82. The summed E-state index contributed by atoms with van der Waals surface area (Å²) >= 11 is 0. The van der Waals surface area contributed by atoms with Crippen molar-refractivity contribution < 1.29 is 9.84 Å². The highest BCUT2D eigenvalue weighted by Crippen LogP contribution is 2.32. The van der Waals surface area contributed by atoms with Gasteiger partial charge in [-0.3, -0.25) is 14.4 Å². The summed E-state index contributed by atoms with van der Waals surface area (Å²) in [4.78, 5) is 18.0. The van der Waals surface area contributed by atoms with Crippen LogP contribution in [0.3, 0.4) is 0 Å². The van der Waals surface area contributed by atoms with E-state index < -0.39 is 0 Å². The van der Waals surface area contributed by atoms with Crippen molar-refractivity contribution >= 4 is 17.0 Å². The number of aromatic hydroxyl groups is 1. The molecule has 2 aromatic carbocycles. The predicted octanol–water partition coefficient (Wildman–Crippen LogP) is 5.01. The number of ether oxygens (including phenoxy) is 1. The lowest BCUT2D eigenvalue weighted by atomic mass is 9.78. The van der Waals surface area contributed by atoms with Gasteiger partial charge in [-0.1, -0.05) is 57.0 Å². The average Bonchev–Trinajstić information content (AvgIpc) is 2.79. The predicted molar refractivity (Wildman–Crippen MR) is 126 cm³/mol. The number of fused-ring (bicyclic) bond motifs is 1.